The fourth-order valence-electron chi connectivity index (χ4n) is 3.94. The van der Waals surface area contributed by atoms with E-state index < -0.39 is 5.41 Å². The van der Waals surface area contributed by atoms with Crippen LogP contribution in [0.1, 0.15) is 35.1 Å². The van der Waals surface area contributed by atoms with Crippen molar-refractivity contribution < 1.29 is 9.59 Å². The molecule has 2 amide bonds. The van der Waals surface area contributed by atoms with Gasteiger partial charge in [-0.1, -0.05) is 41.9 Å². The Balaban J connectivity index is 1.52. The molecule has 4 nitrogen and oxygen atoms in total. The van der Waals surface area contributed by atoms with Crippen molar-refractivity contribution in [2.45, 2.75) is 39.7 Å². The predicted octanol–water partition coefficient (Wildman–Crippen LogP) is 4.26. The van der Waals surface area contributed by atoms with E-state index in [9.17, 15) is 9.59 Å². The molecule has 0 radical (unpaired) electrons. The average molecular weight is 383 g/mol. The maximum atomic E-state index is 13.2. The Bertz CT molecular complexity index is 911. The number of carbonyl (C=O) groups excluding carboxylic acids is 2. The lowest BCUT2D eigenvalue weighted by atomic mass is 9.96. The van der Waals surface area contributed by atoms with Crippen molar-refractivity contribution in [1.29, 1.82) is 0 Å². The van der Waals surface area contributed by atoms with Crippen molar-refractivity contribution in [3.63, 3.8) is 0 Å². The second kappa shape index (κ2) is 6.68. The van der Waals surface area contributed by atoms with Gasteiger partial charge in [-0.05, 0) is 61.4 Å². The number of halogens is 1. The summed E-state index contributed by atoms with van der Waals surface area (Å²) in [7, 11) is 0. The number of amides is 2. The molecule has 0 aromatic heterocycles. The molecule has 2 aromatic carbocycles. The zero-order valence-corrected chi connectivity index (χ0v) is 16.4. The summed E-state index contributed by atoms with van der Waals surface area (Å²) in [5.41, 5.74) is 4.08. The Hall–Kier alpha value is -2.33. The largest absolute Gasteiger partial charge is 0.337 e. The Morgan fingerprint density at radius 3 is 2.48 bits per heavy atom. The van der Waals surface area contributed by atoms with Crippen LogP contribution in [0.3, 0.4) is 0 Å². The van der Waals surface area contributed by atoms with E-state index >= 15 is 0 Å². The first-order valence-corrected chi connectivity index (χ1v) is 9.73. The summed E-state index contributed by atoms with van der Waals surface area (Å²) in [5, 5.41) is 3.44. The Kier molecular flexibility index (Phi) is 4.47. The van der Waals surface area contributed by atoms with Crippen molar-refractivity contribution >= 4 is 29.1 Å². The molecule has 4 rings (SSSR count). The van der Waals surface area contributed by atoms with Gasteiger partial charge in [-0.15, -0.1) is 0 Å². The molecule has 0 bridgehead atoms. The molecule has 2 aromatic rings. The number of aryl methyl sites for hydroxylation is 2. The minimum Gasteiger partial charge on any atom is -0.337 e. The highest BCUT2D eigenvalue weighted by molar-refractivity contribution is 6.34. The third-order valence-corrected chi connectivity index (χ3v) is 5.98. The van der Waals surface area contributed by atoms with E-state index in [1.165, 1.54) is 11.1 Å². The minimum atomic E-state index is -0.938. The molecule has 27 heavy (non-hydrogen) atoms. The molecule has 0 saturated heterocycles. The smallest absolute Gasteiger partial charge is 0.240 e. The number of benzene rings is 2. The highest BCUT2D eigenvalue weighted by atomic mass is 35.5. The molecule has 0 atom stereocenters. The lowest BCUT2D eigenvalue weighted by molar-refractivity contribution is -0.143. The summed E-state index contributed by atoms with van der Waals surface area (Å²) in [6, 6.07) is 12.0. The van der Waals surface area contributed by atoms with Crippen molar-refractivity contribution in [2.24, 2.45) is 5.41 Å². The van der Waals surface area contributed by atoms with Gasteiger partial charge in [0, 0.05) is 13.1 Å². The van der Waals surface area contributed by atoms with E-state index in [1.54, 1.807) is 0 Å². The highest BCUT2D eigenvalue weighted by Gasteiger charge is 2.58. The van der Waals surface area contributed by atoms with Gasteiger partial charge in [0.25, 0.3) is 0 Å². The summed E-state index contributed by atoms with van der Waals surface area (Å²) in [4.78, 5) is 28.0. The molecular formula is C22H23ClN2O2. The Morgan fingerprint density at radius 1 is 1.11 bits per heavy atom. The normalized spacial score (nSPS) is 17.2. The number of anilines is 1. The van der Waals surface area contributed by atoms with Crippen LogP contribution in [0.5, 0.6) is 0 Å². The first kappa shape index (κ1) is 18.1. The molecule has 1 aliphatic heterocycles. The van der Waals surface area contributed by atoms with Crippen LogP contribution in [-0.4, -0.2) is 23.3 Å². The van der Waals surface area contributed by atoms with E-state index in [4.69, 9.17) is 11.6 Å². The van der Waals surface area contributed by atoms with Gasteiger partial charge >= 0.3 is 0 Å². The Labute approximate surface area is 164 Å². The van der Waals surface area contributed by atoms with Crippen LogP contribution in [0.2, 0.25) is 5.02 Å². The van der Waals surface area contributed by atoms with Gasteiger partial charge < -0.3 is 10.2 Å². The molecule has 1 saturated carbocycles. The second-order valence-electron chi connectivity index (χ2n) is 7.72. The van der Waals surface area contributed by atoms with Gasteiger partial charge in [-0.3, -0.25) is 9.59 Å². The molecule has 5 heteroatoms. The number of nitrogens with one attached hydrogen (secondary N) is 1. The highest BCUT2D eigenvalue weighted by Crippen LogP contribution is 2.49. The van der Waals surface area contributed by atoms with E-state index in [-0.39, 0.29) is 11.8 Å². The van der Waals surface area contributed by atoms with Crippen LogP contribution < -0.4 is 5.32 Å². The van der Waals surface area contributed by atoms with E-state index in [2.05, 4.69) is 17.4 Å². The first-order valence-electron chi connectivity index (χ1n) is 9.35. The third kappa shape index (κ3) is 3.23. The van der Waals surface area contributed by atoms with Crippen molar-refractivity contribution in [2.75, 3.05) is 11.9 Å². The second-order valence-corrected chi connectivity index (χ2v) is 8.13. The molecule has 2 aliphatic rings. The lowest BCUT2D eigenvalue weighted by Gasteiger charge is -2.31. The standard InChI is InChI=1S/C22H23ClN2O2/c1-14-11-15(2)19(18(23)12-14)24-20(26)22(8-9-22)21(27)25-10-7-16-5-3-4-6-17(16)13-25/h3-6,11-12H,7-10,13H2,1-2H3,(H,24,26). The number of rotatable bonds is 3. The van der Waals surface area contributed by atoms with Crippen LogP contribution in [0.25, 0.3) is 0 Å². The summed E-state index contributed by atoms with van der Waals surface area (Å²) >= 11 is 6.32. The van der Waals surface area contributed by atoms with E-state index in [0.717, 1.165) is 17.5 Å². The van der Waals surface area contributed by atoms with Crippen LogP contribution in [0.4, 0.5) is 5.69 Å². The minimum absolute atomic E-state index is 0.0598. The van der Waals surface area contributed by atoms with Gasteiger partial charge in [-0.25, -0.2) is 0 Å². The monoisotopic (exact) mass is 382 g/mol. The summed E-state index contributed by atoms with van der Waals surface area (Å²) in [6.45, 7) is 5.12. The number of fused-ring (bicyclic) bond motifs is 1. The van der Waals surface area contributed by atoms with Crippen LogP contribution in [0, 0.1) is 19.3 Å². The molecule has 0 unspecified atom stereocenters. The van der Waals surface area contributed by atoms with Gasteiger partial charge in [0.15, 0.2) is 0 Å². The predicted molar refractivity (Wildman–Crippen MR) is 107 cm³/mol. The van der Waals surface area contributed by atoms with Crippen molar-refractivity contribution in [3.8, 4) is 0 Å². The maximum absolute atomic E-state index is 13.2. The van der Waals surface area contributed by atoms with E-state index in [1.807, 2.05) is 43.0 Å². The van der Waals surface area contributed by atoms with Gasteiger partial charge in [0.05, 0.1) is 10.7 Å². The van der Waals surface area contributed by atoms with Crippen LogP contribution in [-0.2, 0) is 22.6 Å². The van der Waals surface area contributed by atoms with Crippen molar-refractivity contribution in [3.05, 3.63) is 63.7 Å². The summed E-state index contributed by atoms with van der Waals surface area (Å²) in [5.74, 6) is -0.296. The topological polar surface area (TPSA) is 49.4 Å². The number of nitrogens with zero attached hydrogens (tertiary/aromatic N) is 1. The quantitative estimate of drug-likeness (QED) is 0.806. The number of carbonyl (C=O) groups is 2. The summed E-state index contributed by atoms with van der Waals surface area (Å²) < 4.78 is 0. The van der Waals surface area contributed by atoms with Gasteiger partial charge in [0.1, 0.15) is 5.41 Å². The number of hydrogen-bond acceptors (Lipinski definition) is 2. The fraction of sp³-hybridized carbons (Fsp3) is 0.364. The zero-order chi connectivity index (χ0) is 19.2. The molecule has 1 fully saturated rings. The Morgan fingerprint density at radius 2 is 1.81 bits per heavy atom. The summed E-state index contributed by atoms with van der Waals surface area (Å²) in [6.07, 6.45) is 2.03. The zero-order valence-electron chi connectivity index (χ0n) is 15.6. The third-order valence-electron chi connectivity index (χ3n) is 5.68. The van der Waals surface area contributed by atoms with Gasteiger partial charge in [-0.2, -0.15) is 0 Å². The molecule has 140 valence electrons. The molecule has 1 aliphatic carbocycles. The molecule has 1 heterocycles. The van der Waals surface area contributed by atoms with Crippen LogP contribution in [0.15, 0.2) is 36.4 Å². The average Bonchev–Trinajstić information content (AvgIpc) is 3.45. The maximum Gasteiger partial charge on any atom is 0.240 e. The SMILES string of the molecule is Cc1cc(C)c(NC(=O)C2(C(=O)N3CCc4ccccc4C3)CC2)c(Cl)c1. The molecule has 0 spiro atoms. The van der Waals surface area contributed by atoms with Crippen molar-refractivity contribution in [1.82, 2.24) is 4.90 Å². The fourth-order valence-corrected chi connectivity index (χ4v) is 4.31. The lowest BCUT2D eigenvalue weighted by Crippen LogP contribution is -2.45. The molecular weight excluding hydrogens is 360 g/mol. The van der Waals surface area contributed by atoms with Crippen LogP contribution >= 0.6 is 11.6 Å². The van der Waals surface area contributed by atoms with Gasteiger partial charge in [0.2, 0.25) is 11.8 Å². The number of hydrogen-bond donors (Lipinski definition) is 1. The van der Waals surface area contributed by atoms with E-state index in [0.29, 0.717) is 36.6 Å². The molecule has 1 N–H and O–H groups in total. The first-order chi connectivity index (χ1) is 12.9.